The number of thioether (sulfide) groups is 1. The summed E-state index contributed by atoms with van der Waals surface area (Å²) in [7, 11) is 0. The predicted octanol–water partition coefficient (Wildman–Crippen LogP) is 6.33. The summed E-state index contributed by atoms with van der Waals surface area (Å²) in [6, 6.07) is 16.2. The van der Waals surface area contributed by atoms with E-state index in [2.05, 4.69) is 60.6 Å². The summed E-state index contributed by atoms with van der Waals surface area (Å²) in [4.78, 5) is 12.7. The third-order valence-corrected chi connectivity index (χ3v) is 6.55. The van der Waals surface area contributed by atoms with Gasteiger partial charge in [-0.1, -0.05) is 80.3 Å². The summed E-state index contributed by atoms with van der Waals surface area (Å²) in [6.45, 7) is 8.38. The molecule has 0 fully saturated rings. The minimum absolute atomic E-state index is 0.113. The number of rotatable bonds is 8. The molecule has 4 nitrogen and oxygen atoms in total. The fourth-order valence-corrected chi connectivity index (χ4v) is 4.72. The molecule has 1 atom stereocenters. The molecule has 0 bridgehead atoms. The largest absolute Gasteiger partial charge is 0.330 e. The van der Waals surface area contributed by atoms with Crippen LogP contribution in [0.2, 0.25) is 0 Å². The molecule has 0 amide bonds. The molecule has 0 aliphatic carbocycles. The molecule has 0 spiro atoms. The molecule has 1 N–H and O–H groups in total. The number of hydrogen-bond donors (Lipinski definition) is 1. The highest BCUT2D eigenvalue weighted by Crippen LogP contribution is 2.32. The first-order valence-electron chi connectivity index (χ1n) is 9.46. The van der Waals surface area contributed by atoms with Gasteiger partial charge in [-0.15, -0.1) is 10.2 Å². The zero-order valence-corrected chi connectivity index (χ0v) is 18.2. The molecular formula is C22H25N3OS2. The van der Waals surface area contributed by atoms with Gasteiger partial charge in [-0.3, -0.25) is 4.79 Å². The fourth-order valence-electron chi connectivity index (χ4n) is 2.73. The first-order chi connectivity index (χ1) is 13.5. The van der Waals surface area contributed by atoms with Gasteiger partial charge < -0.3 is 5.32 Å². The molecule has 0 unspecified atom stereocenters. The van der Waals surface area contributed by atoms with Gasteiger partial charge in [-0.2, -0.15) is 0 Å². The highest BCUT2D eigenvalue weighted by molar-refractivity contribution is 8.02. The van der Waals surface area contributed by atoms with Crippen LogP contribution in [0, 0.1) is 0 Å². The van der Waals surface area contributed by atoms with Gasteiger partial charge in [0.05, 0.1) is 5.25 Å². The average Bonchev–Trinajstić information content (AvgIpc) is 3.14. The summed E-state index contributed by atoms with van der Waals surface area (Å²) in [5.41, 5.74) is 4.26. The van der Waals surface area contributed by atoms with Gasteiger partial charge in [0.15, 0.2) is 10.1 Å². The van der Waals surface area contributed by atoms with Crippen LogP contribution in [0.25, 0.3) is 0 Å². The Labute approximate surface area is 174 Å². The standard InChI is InChI=1S/C22H25N3OS2/c1-5-16-6-8-18(9-7-16)20(26)15(4)27-22-25-24-21(28-22)23-19-12-10-17(11-13-19)14(2)3/h6-15H,5H2,1-4H3,(H,23,24)/t15-/m0/s1. The second kappa shape index (κ2) is 9.34. The number of benzene rings is 2. The van der Waals surface area contributed by atoms with Crippen LogP contribution in [0.3, 0.4) is 0 Å². The van der Waals surface area contributed by atoms with Crippen molar-refractivity contribution >= 4 is 39.7 Å². The molecule has 3 rings (SSSR count). The van der Waals surface area contributed by atoms with Crippen molar-refractivity contribution in [1.82, 2.24) is 10.2 Å². The Bertz CT molecular complexity index is 918. The number of carbonyl (C=O) groups excluding carboxylic acids is 1. The Morgan fingerprint density at radius 3 is 2.32 bits per heavy atom. The molecular weight excluding hydrogens is 386 g/mol. The van der Waals surface area contributed by atoms with Crippen molar-refractivity contribution in [2.24, 2.45) is 0 Å². The molecule has 1 aromatic heterocycles. The Kier molecular flexibility index (Phi) is 6.86. The van der Waals surface area contributed by atoms with Crippen LogP contribution in [-0.4, -0.2) is 21.2 Å². The van der Waals surface area contributed by atoms with E-state index in [9.17, 15) is 4.79 Å². The van der Waals surface area contributed by atoms with Crippen LogP contribution in [0.5, 0.6) is 0 Å². The van der Waals surface area contributed by atoms with Crippen molar-refractivity contribution in [1.29, 1.82) is 0 Å². The maximum Gasteiger partial charge on any atom is 0.210 e. The Hall–Kier alpha value is -2.18. The second-order valence-electron chi connectivity index (χ2n) is 6.95. The summed E-state index contributed by atoms with van der Waals surface area (Å²) < 4.78 is 0.785. The van der Waals surface area contributed by atoms with E-state index in [0.29, 0.717) is 5.92 Å². The Morgan fingerprint density at radius 2 is 1.71 bits per heavy atom. The molecule has 0 saturated heterocycles. The Balaban J connectivity index is 1.60. The van der Waals surface area contributed by atoms with Gasteiger partial charge >= 0.3 is 0 Å². The monoisotopic (exact) mass is 411 g/mol. The van der Waals surface area contributed by atoms with Crippen molar-refractivity contribution in [3.05, 3.63) is 65.2 Å². The normalized spacial score (nSPS) is 12.2. The van der Waals surface area contributed by atoms with Crippen molar-refractivity contribution in [2.75, 3.05) is 5.32 Å². The molecule has 146 valence electrons. The molecule has 0 saturated carbocycles. The number of nitrogens with one attached hydrogen (secondary N) is 1. The van der Waals surface area contributed by atoms with E-state index in [1.54, 1.807) is 0 Å². The van der Waals surface area contributed by atoms with Crippen LogP contribution in [-0.2, 0) is 6.42 Å². The van der Waals surface area contributed by atoms with Gasteiger partial charge in [0, 0.05) is 11.3 Å². The van der Waals surface area contributed by atoms with Gasteiger partial charge in [-0.25, -0.2) is 0 Å². The number of aromatic nitrogens is 2. The lowest BCUT2D eigenvalue weighted by Gasteiger charge is -2.08. The fraction of sp³-hybridized carbons (Fsp3) is 0.318. The average molecular weight is 412 g/mol. The van der Waals surface area contributed by atoms with Crippen LogP contribution in [0.4, 0.5) is 10.8 Å². The van der Waals surface area contributed by atoms with E-state index in [0.717, 1.165) is 27.1 Å². The highest BCUT2D eigenvalue weighted by Gasteiger charge is 2.19. The van der Waals surface area contributed by atoms with Gasteiger partial charge in [0.1, 0.15) is 0 Å². The van der Waals surface area contributed by atoms with Crippen LogP contribution in [0.15, 0.2) is 52.9 Å². The number of aryl methyl sites for hydroxylation is 1. The second-order valence-corrected chi connectivity index (χ2v) is 9.52. The Morgan fingerprint density at radius 1 is 1.04 bits per heavy atom. The lowest BCUT2D eigenvalue weighted by Crippen LogP contribution is -2.13. The smallest absolute Gasteiger partial charge is 0.210 e. The maximum absolute atomic E-state index is 12.7. The van der Waals surface area contributed by atoms with E-state index in [4.69, 9.17) is 0 Å². The zero-order valence-electron chi connectivity index (χ0n) is 16.6. The van der Waals surface area contributed by atoms with Crippen molar-refractivity contribution < 1.29 is 4.79 Å². The molecule has 0 aliphatic rings. The quantitative estimate of drug-likeness (QED) is 0.347. The number of hydrogen-bond acceptors (Lipinski definition) is 6. The molecule has 0 aliphatic heterocycles. The number of nitrogens with zero attached hydrogens (tertiary/aromatic N) is 2. The van der Waals surface area contributed by atoms with Gasteiger partial charge in [0.25, 0.3) is 0 Å². The number of Topliss-reactive ketones (excluding diaryl/α,β-unsaturated/α-hetero) is 1. The summed E-state index contributed by atoms with van der Waals surface area (Å²) in [5.74, 6) is 0.623. The number of anilines is 2. The van der Waals surface area contributed by atoms with Gasteiger partial charge in [0.2, 0.25) is 5.13 Å². The van der Waals surface area contributed by atoms with Crippen molar-refractivity contribution in [3.63, 3.8) is 0 Å². The van der Waals surface area contributed by atoms with E-state index in [1.165, 1.54) is 34.2 Å². The molecule has 28 heavy (non-hydrogen) atoms. The highest BCUT2D eigenvalue weighted by atomic mass is 32.2. The van der Waals surface area contributed by atoms with Gasteiger partial charge in [-0.05, 0) is 42.5 Å². The SMILES string of the molecule is CCc1ccc(C(=O)[C@H](C)Sc2nnc(Nc3ccc(C(C)C)cc3)s2)cc1. The predicted molar refractivity (Wildman–Crippen MR) is 119 cm³/mol. The van der Waals surface area contributed by atoms with Crippen LogP contribution >= 0.6 is 23.1 Å². The topological polar surface area (TPSA) is 54.9 Å². The zero-order chi connectivity index (χ0) is 20.1. The minimum Gasteiger partial charge on any atom is -0.330 e. The molecule has 1 heterocycles. The van der Waals surface area contributed by atoms with E-state index < -0.39 is 0 Å². The molecule has 2 aromatic carbocycles. The maximum atomic E-state index is 12.7. The van der Waals surface area contributed by atoms with Crippen LogP contribution in [0.1, 0.15) is 55.1 Å². The first kappa shape index (κ1) is 20.6. The summed E-state index contributed by atoms with van der Waals surface area (Å²) >= 11 is 2.91. The third-order valence-electron chi connectivity index (χ3n) is 4.53. The summed E-state index contributed by atoms with van der Waals surface area (Å²) in [5, 5.41) is 12.2. The number of carbonyl (C=O) groups is 1. The van der Waals surface area contributed by atoms with E-state index >= 15 is 0 Å². The minimum atomic E-state index is -0.210. The van der Waals surface area contributed by atoms with Crippen molar-refractivity contribution in [2.45, 2.75) is 49.6 Å². The molecule has 3 aromatic rings. The summed E-state index contributed by atoms with van der Waals surface area (Å²) in [6.07, 6.45) is 0.972. The van der Waals surface area contributed by atoms with Crippen LogP contribution < -0.4 is 5.32 Å². The molecule has 0 radical (unpaired) electrons. The third kappa shape index (κ3) is 5.20. The lowest BCUT2D eigenvalue weighted by atomic mass is 10.0. The first-order valence-corrected chi connectivity index (χ1v) is 11.2. The number of ketones is 1. The van der Waals surface area contributed by atoms with E-state index in [1.807, 2.05) is 31.2 Å². The lowest BCUT2D eigenvalue weighted by molar-refractivity contribution is 0.0994. The molecule has 6 heteroatoms. The van der Waals surface area contributed by atoms with Crippen molar-refractivity contribution in [3.8, 4) is 0 Å². The van der Waals surface area contributed by atoms with E-state index in [-0.39, 0.29) is 11.0 Å².